The fraction of sp³-hybridized carbons (Fsp3) is 0.316. The van der Waals surface area contributed by atoms with Crippen LogP contribution in [-0.4, -0.2) is 43.5 Å². The predicted molar refractivity (Wildman–Crippen MR) is 98.1 cm³/mol. The first-order chi connectivity index (χ1) is 12.5. The van der Waals surface area contributed by atoms with Crippen molar-refractivity contribution in [1.82, 2.24) is 9.62 Å². The van der Waals surface area contributed by atoms with Crippen molar-refractivity contribution in [3.63, 3.8) is 0 Å². The van der Waals surface area contributed by atoms with Gasteiger partial charge in [-0.3, -0.25) is 4.79 Å². The summed E-state index contributed by atoms with van der Waals surface area (Å²) in [4.78, 5) is 14.4. The Morgan fingerprint density at radius 2 is 1.85 bits per heavy atom. The lowest BCUT2D eigenvalue weighted by Crippen LogP contribution is -2.33. The molecule has 7 heteroatoms. The number of carbonyl (C=O) groups is 1. The molecule has 26 heavy (non-hydrogen) atoms. The number of hydrogen-bond donors (Lipinski definition) is 2. The number of benzene rings is 2. The topological polar surface area (TPSA) is 86.7 Å². The van der Waals surface area contributed by atoms with Crippen LogP contribution in [0.25, 0.3) is 0 Å². The zero-order valence-corrected chi connectivity index (χ0v) is 15.2. The van der Waals surface area contributed by atoms with Crippen molar-refractivity contribution in [1.29, 1.82) is 0 Å². The lowest BCUT2D eigenvalue weighted by molar-refractivity contribution is 0.0707. The second-order valence-corrected chi connectivity index (χ2v) is 8.07. The molecule has 2 aromatic carbocycles. The summed E-state index contributed by atoms with van der Waals surface area (Å²) in [6.07, 6.45) is 1.69. The number of nitrogens with zero attached hydrogens (tertiary/aromatic N) is 1. The molecule has 1 saturated carbocycles. The molecule has 0 aromatic heterocycles. The number of aliphatic hydroxyl groups excluding tert-OH is 1. The summed E-state index contributed by atoms with van der Waals surface area (Å²) in [6.45, 7) is 0.350. The maximum absolute atomic E-state index is 12.9. The molecule has 6 nitrogen and oxygen atoms in total. The molecule has 0 radical (unpaired) electrons. The van der Waals surface area contributed by atoms with Crippen LogP contribution in [0.1, 0.15) is 28.8 Å². The van der Waals surface area contributed by atoms with Crippen molar-refractivity contribution in [3.8, 4) is 0 Å². The smallest absolute Gasteiger partial charge is 0.254 e. The van der Waals surface area contributed by atoms with Gasteiger partial charge in [-0.05, 0) is 36.6 Å². The van der Waals surface area contributed by atoms with E-state index in [1.165, 1.54) is 17.0 Å². The number of hydrogen-bond acceptors (Lipinski definition) is 4. The third-order valence-electron chi connectivity index (χ3n) is 4.16. The fourth-order valence-electron chi connectivity index (χ4n) is 2.64. The predicted octanol–water partition coefficient (Wildman–Crippen LogP) is 1.76. The van der Waals surface area contributed by atoms with E-state index in [0.717, 1.165) is 18.4 Å². The Hall–Kier alpha value is -2.22. The number of sulfonamides is 1. The molecule has 0 unspecified atom stereocenters. The average molecular weight is 374 g/mol. The van der Waals surface area contributed by atoms with E-state index in [0.29, 0.717) is 6.54 Å². The summed E-state index contributed by atoms with van der Waals surface area (Å²) in [6, 6.07) is 15.5. The van der Waals surface area contributed by atoms with Gasteiger partial charge in [-0.2, -0.15) is 0 Å². The van der Waals surface area contributed by atoms with Crippen molar-refractivity contribution in [2.75, 3.05) is 13.2 Å². The van der Waals surface area contributed by atoms with Gasteiger partial charge in [0.15, 0.2) is 0 Å². The van der Waals surface area contributed by atoms with Crippen LogP contribution in [0, 0.1) is 0 Å². The van der Waals surface area contributed by atoms with Crippen LogP contribution in [0.15, 0.2) is 59.5 Å². The van der Waals surface area contributed by atoms with E-state index in [1.54, 1.807) is 12.1 Å². The Bertz CT molecular complexity index is 864. The highest BCUT2D eigenvalue weighted by Gasteiger charge is 2.28. The lowest BCUT2D eigenvalue weighted by atomic mass is 10.1. The summed E-state index contributed by atoms with van der Waals surface area (Å²) < 4.78 is 27.4. The minimum Gasteiger partial charge on any atom is -0.395 e. The summed E-state index contributed by atoms with van der Waals surface area (Å²) in [5.74, 6) is -0.314. The van der Waals surface area contributed by atoms with Crippen LogP contribution in [0.4, 0.5) is 0 Å². The van der Waals surface area contributed by atoms with Crippen molar-refractivity contribution in [2.45, 2.75) is 30.3 Å². The van der Waals surface area contributed by atoms with Crippen LogP contribution in [-0.2, 0) is 16.6 Å². The molecule has 1 aliphatic rings. The number of rotatable bonds is 8. The molecule has 0 heterocycles. The first-order valence-electron chi connectivity index (χ1n) is 8.56. The standard InChI is InChI=1S/C19H22N2O4S/c22-12-11-21(14-15-5-2-1-3-6-15)19(23)16-7-4-8-18(13-16)26(24,25)20-17-9-10-17/h1-8,13,17,20,22H,9-12,14H2. The van der Waals surface area contributed by atoms with Gasteiger partial charge in [0.1, 0.15) is 0 Å². The second-order valence-electron chi connectivity index (χ2n) is 6.36. The average Bonchev–Trinajstić information content (AvgIpc) is 3.45. The highest BCUT2D eigenvalue weighted by Crippen LogP contribution is 2.23. The summed E-state index contributed by atoms with van der Waals surface area (Å²) in [5.41, 5.74) is 1.22. The minimum absolute atomic E-state index is 0.00308. The number of nitrogens with one attached hydrogen (secondary N) is 1. The van der Waals surface area contributed by atoms with Gasteiger partial charge in [-0.25, -0.2) is 13.1 Å². The Morgan fingerprint density at radius 1 is 1.12 bits per heavy atom. The van der Waals surface area contributed by atoms with E-state index in [1.807, 2.05) is 30.3 Å². The molecule has 1 fully saturated rings. The third-order valence-corrected chi connectivity index (χ3v) is 5.68. The highest BCUT2D eigenvalue weighted by molar-refractivity contribution is 7.89. The monoisotopic (exact) mass is 374 g/mol. The summed E-state index contributed by atoms with van der Waals surface area (Å²) >= 11 is 0. The van der Waals surface area contributed by atoms with Crippen molar-refractivity contribution < 1.29 is 18.3 Å². The molecule has 0 spiro atoms. The maximum Gasteiger partial charge on any atom is 0.254 e. The van der Waals surface area contributed by atoms with Gasteiger partial charge in [-0.1, -0.05) is 36.4 Å². The van der Waals surface area contributed by atoms with E-state index in [4.69, 9.17) is 0 Å². The first kappa shape index (κ1) is 18.6. The largest absolute Gasteiger partial charge is 0.395 e. The highest BCUT2D eigenvalue weighted by atomic mass is 32.2. The van der Waals surface area contributed by atoms with Crippen LogP contribution < -0.4 is 4.72 Å². The zero-order chi connectivity index (χ0) is 18.6. The molecule has 0 atom stereocenters. The molecule has 0 aliphatic heterocycles. The molecule has 2 aromatic rings. The molecule has 1 aliphatic carbocycles. The molecular formula is C19H22N2O4S. The Balaban J connectivity index is 1.81. The van der Waals surface area contributed by atoms with E-state index in [9.17, 15) is 18.3 Å². The molecule has 2 N–H and O–H groups in total. The minimum atomic E-state index is -3.62. The van der Waals surface area contributed by atoms with Crippen LogP contribution in [0.5, 0.6) is 0 Å². The lowest BCUT2D eigenvalue weighted by Gasteiger charge is -2.22. The van der Waals surface area contributed by atoms with Gasteiger partial charge >= 0.3 is 0 Å². The van der Waals surface area contributed by atoms with Crippen molar-refractivity contribution >= 4 is 15.9 Å². The molecule has 138 valence electrons. The van der Waals surface area contributed by atoms with E-state index in [2.05, 4.69) is 4.72 Å². The molecule has 0 saturated heterocycles. The van der Waals surface area contributed by atoms with Crippen LogP contribution in [0.2, 0.25) is 0 Å². The van der Waals surface area contributed by atoms with E-state index < -0.39 is 10.0 Å². The van der Waals surface area contributed by atoms with Crippen molar-refractivity contribution in [2.24, 2.45) is 0 Å². The van der Waals surface area contributed by atoms with Crippen LogP contribution in [0.3, 0.4) is 0 Å². The summed E-state index contributed by atoms with van der Waals surface area (Å²) in [7, 11) is -3.62. The normalized spacial score (nSPS) is 14.2. The Morgan fingerprint density at radius 3 is 2.50 bits per heavy atom. The SMILES string of the molecule is O=C(c1cccc(S(=O)(=O)NC2CC2)c1)N(CCO)Cc1ccccc1. The molecular weight excluding hydrogens is 352 g/mol. The van der Waals surface area contributed by atoms with Crippen LogP contribution >= 0.6 is 0 Å². The van der Waals surface area contributed by atoms with Crippen molar-refractivity contribution in [3.05, 3.63) is 65.7 Å². The van der Waals surface area contributed by atoms with Gasteiger partial charge in [0, 0.05) is 24.7 Å². The zero-order valence-electron chi connectivity index (χ0n) is 14.3. The Kier molecular flexibility index (Phi) is 5.70. The first-order valence-corrected chi connectivity index (χ1v) is 10.0. The summed E-state index contributed by atoms with van der Waals surface area (Å²) in [5, 5.41) is 9.30. The molecule has 0 bridgehead atoms. The van der Waals surface area contributed by atoms with Gasteiger partial charge < -0.3 is 10.0 Å². The van der Waals surface area contributed by atoms with Gasteiger partial charge in [0.25, 0.3) is 5.91 Å². The number of amides is 1. The van der Waals surface area contributed by atoms with Gasteiger partial charge in [0.05, 0.1) is 11.5 Å². The number of carbonyl (C=O) groups excluding carboxylic acids is 1. The van der Waals surface area contributed by atoms with Gasteiger partial charge in [0.2, 0.25) is 10.0 Å². The van der Waals surface area contributed by atoms with Gasteiger partial charge in [-0.15, -0.1) is 0 Å². The van der Waals surface area contributed by atoms with E-state index >= 15 is 0 Å². The maximum atomic E-state index is 12.9. The molecule has 1 amide bonds. The fourth-order valence-corrected chi connectivity index (χ4v) is 3.99. The number of aliphatic hydroxyl groups is 1. The second kappa shape index (κ2) is 7.99. The molecule has 3 rings (SSSR count). The third kappa shape index (κ3) is 4.69. The Labute approximate surface area is 153 Å². The van der Waals surface area contributed by atoms with E-state index in [-0.39, 0.29) is 35.6 Å². The quantitative estimate of drug-likeness (QED) is 0.737.